The maximum Gasteiger partial charge on any atom is 0.332 e. The van der Waals surface area contributed by atoms with E-state index in [1.807, 2.05) is 4.57 Å². The van der Waals surface area contributed by atoms with Gasteiger partial charge in [-0.25, -0.2) is 9.78 Å². The van der Waals surface area contributed by atoms with Crippen molar-refractivity contribution in [2.24, 2.45) is 14.1 Å². The van der Waals surface area contributed by atoms with Crippen molar-refractivity contribution in [3.63, 3.8) is 0 Å². The fraction of sp³-hybridized carbons (Fsp3) is 0.643. The Kier molecular flexibility index (Phi) is 3.88. The Morgan fingerprint density at radius 1 is 1.00 bits per heavy atom. The van der Waals surface area contributed by atoms with Crippen molar-refractivity contribution in [3.8, 4) is 0 Å². The van der Waals surface area contributed by atoms with E-state index >= 15 is 0 Å². The fourth-order valence-electron chi connectivity index (χ4n) is 2.89. The number of likely N-dealkylation sites (N-methyl/N-ethyl adjacent to an activating group) is 1. The Bertz CT molecular complexity index is 794. The van der Waals surface area contributed by atoms with Crippen LogP contribution in [0.4, 0.5) is 0 Å². The lowest BCUT2D eigenvalue weighted by atomic mass is 10.3. The van der Waals surface area contributed by atoms with E-state index in [0.29, 0.717) is 17.7 Å². The van der Waals surface area contributed by atoms with Gasteiger partial charge >= 0.3 is 5.69 Å². The normalized spacial score (nSPS) is 17.4. The summed E-state index contributed by atoms with van der Waals surface area (Å²) in [6.45, 7) is 5.81. The molecule has 1 aliphatic heterocycles. The zero-order valence-electron chi connectivity index (χ0n) is 13.3. The van der Waals surface area contributed by atoms with Crippen LogP contribution in [0.15, 0.2) is 15.9 Å². The first-order valence-corrected chi connectivity index (χ1v) is 7.51. The summed E-state index contributed by atoms with van der Waals surface area (Å²) in [5.41, 5.74) is 0.320. The molecule has 0 N–H and O–H groups in total. The van der Waals surface area contributed by atoms with E-state index in [1.54, 1.807) is 13.4 Å². The van der Waals surface area contributed by atoms with Crippen LogP contribution >= 0.6 is 0 Å². The molecule has 22 heavy (non-hydrogen) atoms. The Morgan fingerprint density at radius 2 is 1.68 bits per heavy atom. The van der Waals surface area contributed by atoms with Gasteiger partial charge in [0.2, 0.25) is 0 Å². The predicted octanol–water partition coefficient (Wildman–Crippen LogP) is -1.32. The van der Waals surface area contributed by atoms with Crippen molar-refractivity contribution < 1.29 is 0 Å². The minimum absolute atomic E-state index is 0.283. The smallest absolute Gasteiger partial charge is 0.323 e. The summed E-state index contributed by atoms with van der Waals surface area (Å²) >= 11 is 0. The van der Waals surface area contributed by atoms with Crippen molar-refractivity contribution in [1.29, 1.82) is 0 Å². The van der Waals surface area contributed by atoms with Gasteiger partial charge in [-0.05, 0) is 7.05 Å². The average molecular weight is 306 g/mol. The molecule has 1 aliphatic rings. The van der Waals surface area contributed by atoms with Crippen LogP contribution in [0.25, 0.3) is 11.2 Å². The third-order valence-electron chi connectivity index (χ3n) is 4.47. The summed E-state index contributed by atoms with van der Waals surface area (Å²) in [5.74, 6) is 0. The van der Waals surface area contributed by atoms with E-state index < -0.39 is 0 Å². The molecule has 0 bridgehead atoms. The lowest BCUT2D eigenvalue weighted by molar-refractivity contribution is 0.150. The van der Waals surface area contributed by atoms with Crippen LogP contribution in [0.3, 0.4) is 0 Å². The van der Waals surface area contributed by atoms with Crippen molar-refractivity contribution in [2.45, 2.75) is 6.54 Å². The predicted molar refractivity (Wildman–Crippen MR) is 84.2 cm³/mol. The first kappa shape index (κ1) is 15.0. The SMILES string of the molecule is CN1CCN(CCn2cnc3c2c(=O)n(C)c(=O)n3C)CC1. The number of hydrogen-bond acceptors (Lipinski definition) is 5. The van der Waals surface area contributed by atoms with Crippen LogP contribution in [-0.4, -0.2) is 68.3 Å². The molecule has 0 spiro atoms. The summed E-state index contributed by atoms with van der Waals surface area (Å²) in [6, 6.07) is 0. The monoisotopic (exact) mass is 306 g/mol. The number of fused-ring (bicyclic) bond motifs is 1. The minimum atomic E-state index is -0.346. The highest BCUT2D eigenvalue weighted by Crippen LogP contribution is 2.06. The quantitative estimate of drug-likeness (QED) is 0.704. The Labute approximate surface area is 128 Å². The van der Waals surface area contributed by atoms with Gasteiger partial charge in [0.05, 0.1) is 6.33 Å². The van der Waals surface area contributed by atoms with E-state index in [1.165, 1.54) is 11.6 Å². The fourth-order valence-corrected chi connectivity index (χ4v) is 2.89. The van der Waals surface area contributed by atoms with Gasteiger partial charge in [0.25, 0.3) is 5.56 Å². The molecule has 0 unspecified atom stereocenters. The van der Waals surface area contributed by atoms with Crippen LogP contribution in [0.5, 0.6) is 0 Å². The van der Waals surface area contributed by atoms with Crippen LogP contribution < -0.4 is 11.2 Å². The standard InChI is InChI=1S/C14H22N6O2/c1-16-4-6-19(7-5-16)8-9-20-10-15-12-11(20)13(21)18(3)14(22)17(12)2/h10H,4-9H2,1-3H3. The molecular formula is C14H22N6O2. The third-order valence-corrected chi connectivity index (χ3v) is 4.47. The van der Waals surface area contributed by atoms with Crippen LogP contribution in [0.2, 0.25) is 0 Å². The highest BCUT2D eigenvalue weighted by molar-refractivity contribution is 5.69. The lowest BCUT2D eigenvalue weighted by Crippen LogP contribution is -2.45. The molecule has 0 saturated carbocycles. The van der Waals surface area contributed by atoms with Crippen molar-refractivity contribution in [1.82, 2.24) is 28.5 Å². The summed E-state index contributed by atoms with van der Waals surface area (Å²) in [5, 5.41) is 0. The highest BCUT2D eigenvalue weighted by Gasteiger charge is 2.16. The topological polar surface area (TPSA) is 68.3 Å². The number of aromatic nitrogens is 4. The summed E-state index contributed by atoms with van der Waals surface area (Å²) < 4.78 is 4.41. The number of nitrogens with zero attached hydrogens (tertiary/aromatic N) is 6. The zero-order chi connectivity index (χ0) is 15.9. The van der Waals surface area contributed by atoms with Gasteiger partial charge in [0.1, 0.15) is 0 Å². The molecule has 0 atom stereocenters. The summed E-state index contributed by atoms with van der Waals surface area (Å²) in [6.07, 6.45) is 1.65. The maximum atomic E-state index is 12.3. The number of imidazole rings is 1. The van der Waals surface area contributed by atoms with Gasteiger partial charge in [-0.1, -0.05) is 0 Å². The first-order valence-electron chi connectivity index (χ1n) is 7.51. The van der Waals surface area contributed by atoms with Crippen LogP contribution in [0, 0.1) is 0 Å². The summed E-state index contributed by atoms with van der Waals surface area (Å²) in [4.78, 5) is 33.2. The molecule has 0 aliphatic carbocycles. The van der Waals surface area contributed by atoms with Gasteiger partial charge in [0.15, 0.2) is 11.2 Å². The zero-order valence-corrected chi connectivity index (χ0v) is 13.3. The van der Waals surface area contributed by atoms with E-state index in [-0.39, 0.29) is 11.2 Å². The highest BCUT2D eigenvalue weighted by atomic mass is 16.2. The van der Waals surface area contributed by atoms with Crippen LogP contribution in [-0.2, 0) is 20.6 Å². The molecule has 0 aromatic carbocycles. The van der Waals surface area contributed by atoms with Gasteiger partial charge in [-0.2, -0.15) is 0 Å². The van der Waals surface area contributed by atoms with Crippen molar-refractivity contribution in [3.05, 3.63) is 27.2 Å². The molecule has 1 fully saturated rings. The molecule has 2 aromatic rings. The van der Waals surface area contributed by atoms with Gasteiger partial charge in [-0.15, -0.1) is 0 Å². The second-order valence-corrected chi connectivity index (χ2v) is 5.96. The molecule has 0 amide bonds. The lowest BCUT2D eigenvalue weighted by Gasteiger charge is -2.32. The summed E-state index contributed by atoms with van der Waals surface area (Å²) in [7, 11) is 5.27. The molecule has 2 aromatic heterocycles. The molecule has 1 saturated heterocycles. The first-order chi connectivity index (χ1) is 10.5. The van der Waals surface area contributed by atoms with E-state index in [4.69, 9.17) is 0 Å². The van der Waals surface area contributed by atoms with E-state index in [0.717, 1.165) is 37.3 Å². The molecule has 120 valence electrons. The van der Waals surface area contributed by atoms with Gasteiger partial charge < -0.3 is 9.47 Å². The molecule has 3 heterocycles. The number of aryl methyl sites for hydroxylation is 1. The molecule has 3 rings (SSSR count). The Hall–Kier alpha value is -1.93. The number of rotatable bonds is 3. The molecule has 8 nitrogen and oxygen atoms in total. The molecule has 0 radical (unpaired) electrons. The van der Waals surface area contributed by atoms with Crippen LogP contribution in [0.1, 0.15) is 0 Å². The number of piperazine rings is 1. The average Bonchev–Trinajstić information content (AvgIpc) is 2.94. The third kappa shape index (κ3) is 2.48. The molecule has 8 heteroatoms. The Balaban J connectivity index is 1.86. The largest absolute Gasteiger partial charge is 0.332 e. The van der Waals surface area contributed by atoms with Gasteiger partial charge in [-0.3, -0.25) is 18.8 Å². The number of hydrogen-bond donors (Lipinski definition) is 0. The molecular weight excluding hydrogens is 284 g/mol. The van der Waals surface area contributed by atoms with Crippen molar-refractivity contribution in [2.75, 3.05) is 39.8 Å². The minimum Gasteiger partial charge on any atom is -0.323 e. The van der Waals surface area contributed by atoms with Gasteiger partial charge in [0, 0.05) is 53.4 Å². The Morgan fingerprint density at radius 3 is 2.36 bits per heavy atom. The maximum absolute atomic E-state index is 12.3. The second-order valence-electron chi connectivity index (χ2n) is 5.96. The second kappa shape index (κ2) is 5.69. The van der Waals surface area contributed by atoms with Crippen molar-refractivity contribution >= 4 is 11.2 Å². The van der Waals surface area contributed by atoms with E-state index in [9.17, 15) is 9.59 Å². The van der Waals surface area contributed by atoms with E-state index in [2.05, 4.69) is 21.8 Å².